The van der Waals surface area contributed by atoms with Crippen molar-refractivity contribution in [2.24, 2.45) is 11.0 Å². The second-order valence-corrected chi connectivity index (χ2v) is 5.10. The van der Waals surface area contributed by atoms with Gasteiger partial charge in [0, 0.05) is 17.5 Å². The van der Waals surface area contributed by atoms with Crippen molar-refractivity contribution in [3.8, 4) is 0 Å². The molecule has 0 N–H and O–H groups in total. The average molecular weight is 222 g/mol. The summed E-state index contributed by atoms with van der Waals surface area (Å²) in [6, 6.07) is 0.841. The highest BCUT2D eigenvalue weighted by molar-refractivity contribution is 4.87. The molecule has 4 heteroatoms. The summed E-state index contributed by atoms with van der Waals surface area (Å²) in [5, 5.41) is 3.61. The number of hydrogen-bond donors (Lipinski definition) is 0. The summed E-state index contributed by atoms with van der Waals surface area (Å²) >= 11 is 0. The molecule has 1 aliphatic carbocycles. The Hall–Kier alpha value is -0.730. The predicted octanol–water partition coefficient (Wildman–Crippen LogP) is 3.34. The van der Waals surface area contributed by atoms with Crippen LogP contribution in [0.1, 0.15) is 44.9 Å². The van der Waals surface area contributed by atoms with E-state index in [2.05, 4.69) is 14.9 Å². The molecule has 1 unspecified atom stereocenters. The highest BCUT2D eigenvalue weighted by Crippen LogP contribution is 2.35. The van der Waals surface area contributed by atoms with Gasteiger partial charge < -0.3 is 4.90 Å². The van der Waals surface area contributed by atoms with Crippen LogP contribution >= 0.6 is 0 Å². The number of hydrogen-bond acceptors (Lipinski definition) is 2. The van der Waals surface area contributed by atoms with Gasteiger partial charge >= 0.3 is 0 Å². The summed E-state index contributed by atoms with van der Waals surface area (Å²) < 4.78 is 0. The SMILES string of the molecule is [N-]=[N+]=NCCCN1CCCC1C1CCCC1. The van der Waals surface area contributed by atoms with E-state index in [1.54, 1.807) is 0 Å². The first-order chi connectivity index (χ1) is 7.92. The molecule has 4 nitrogen and oxygen atoms in total. The van der Waals surface area contributed by atoms with E-state index in [1.807, 2.05) is 0 Å². The molecule has 0 radical (unpaired) electrons. The normalized spacial score (nSPS) is 27.1. The van der Waals surface area contributed by atoms with Crippen LogP contribution in [0, 0.1) is 5.92 Å². The van der Waals surface area contributed by atoms with Gasteiger partial charge in [0.15, 0.2) is 0 Å². The number of azide groups is 1. The molecule has 2 fully saturated rings. The molecule has 1 heterocycles. The van der Waals surface area contributed by atoms with E-state index in [-0.39, 0.29) is 0 Å². The minimum Gasteiger partial charge on any atom is -0.300 e. The third kappa shape index (κ3) is 2.89. The molecule has 1 atom stereocenters. The molecule has 0 aromatic carbocycles. The van der Waals surface area contributed by atoms with Gasteiger partial charge in [-0.3, -0.25) is 0 Å². The Labute approximate surface area is 97.6 Å². The molecule has 0 bridgehead atoms. The van der Waals surface area contributed by atoms with Crippen molar-refractivity contribution in [1.29, 1.82) is 0 Å². The summed E-state index contributed by atoms with van der Waals surface area (Å²) in [7, 11) is 0. The Kier molecular flexibility index (Phi) is 4.49. The molecule has 1 aliphatic heterocycles. The minimum atomic E-state index is 0.657. The summed E-state index contributed by atoms with van der Waals surface area (Å²) in [4.78, 5) is 5.44. The van der Waals surface area contributed by atoms with E-state index < -0.39 is 0 Å². The van der Waals surface area contributed by atoms with Gasteiger partial charge in [0.05, 0.1) is 0 Å². The van der Waals surface area contributed by atoms with Crippen molar-refractivity contribution in [3.63, 3.8) is 0 Å². The van der Waals surface area contributed by atoms with E-state index in [4.69, 9.17) is 5.53 Å². The second-order valence-electron chi connectivity index (χ2n) is 5.10. The van der Waals surface area contributed by atoms with Crippen molar-refractivity contribution < 1.29 is 0 Å². The van der Waals surface area contributed by atoms with Crippen molar-refractivity contribution in [2.45, 2.75) is 51.0 Å². The van der Waals surface area contributed by atoms with E-state index >= 15 is 0 Å². The van der Waals surface area contributed by atoms with Crippen LogP contribution in [0.5, 0.6) is 0 Å². The third-order valence-corrected chi connectivity index (χ3v) is 4.12. The Morgan fingerprint density at radius 1 is 1.19 bits per heavy atom. The van der Waals surface area contributed by atoms with E-state index in [0.29, 0.717) is 6.54 Å². The Morgan fingerprint density at radius 2 is 2.00 bits per heavy atom. The van der Waals surface area contributed by atoms with Crippen LogP contribution in [0.3, 0.4) is 0 Å². The highest BCUT2D eigenvalue weighted by Gasteiger charge is 2.32. The van der Waals surface area contributed by atoms with Crippen LogP contribution in [0.15, 0.2) is 5.11 Å². The monoisotopic (exact) mass is 222 g/mol. The zero-order chi connectivity index (χ0) is 11.2. The Bertz CT molecular complexity index is 254. The fourth-order valence-corrected chi connectivity index (χ4v) is 3.39. The van der Waals surface area contributed by atoms with Crippen LogP contribution in [0.4, 0.5) is 0 Å². The quantitative estimate of drug-likeness (QED) is 0.304. The zero-order valence-electron chi connectivity index (χ0n) is 10.0. The lowest BCUT2D eigenvalue weighted by Crippen LogP contribution is -2.35. The molecule has 2 rings (SSSR count). The molecule has 1 saturated heterocycles. The van der Waals surface area contributed by atoms with Gasteiger partial charge in [-0.2, -0.15) is 0 Å². The maximum absolute atomic E-state index is 8.23. The predicted molar refractivity (Wildman–Crippen MR) is 65.2 cm³/mol. The topological polar surface area (TPSA) is 52.0 Å². The lowest BCUT2D eigenvalue weighted by molar-refractivity contribution is 0.190. The molecule has 0 spiro atoms. The highest BCUT2D eigenvalue weighted by atomic mass is 15.2. The molecule has 16 heavy (non-hydrogen) atoms. The standard InChI is InChI=1S/C12H22N4/c13-15-14-8-4-10-16-9-3-7-12(16)11-5-1-2-6-11/h11-12H,1-10H2. The summed E-state index contributed by atoms with van der Waals surface area (Å²) in [5.74, 6) is 0.960. The van der Waals surface area contributed by atoms with Crippen molar-refractivity contribution in [3.05, 3.63) is 10.4 Å². The van der Waals surface area contributed by atoms with Gasteiger partial charge in [0.2, 0.25) is 0 Å². The van der Waals surface area contributed by atoms with Crippen LogP contribution in [0.25, 0.3) is 10.4 Å². The average Bonchev–Trinajstić information content (AvgIpc) is 2.94. The lowest BCUT2D eigenvalue weighted by atomic mass is 9.96. The smallest absolute Gasteiger partial charge is 0.0270 e. The van der Waals surface area contributed by atoms with Crippen molar-refractivity contribution >= 4 is 0 Å². The number of nitrogens with zero attached hydrogens (tertiary/aromatic N) is 4. The Balaban J connectivity index is 1.76. The number of rotatable bonds is 5. The molecule has 0 aromatic rings. The molecule has 90 valence electrons. The molecule has 0 aromatic heterocycles. The van der Waals surface area contributed by atoms with E-state index in [9.17, 15) is 0 Å². The van der Waals surface area contributed by atoms with Crippen molar-refractivity contribution in [1.82, 2.24) is 4.90 Å². The van der Waals surface area contributed by atoms with E-state index in [1.165, 1.54) is 45.1 Å². The van der Waals surface area contributed by atoms with Gasteiger partial charge in [0.1, 0.15) is 0 Å². The maximum atomic E-state index is 8.23. The maximum Gasteiger partial charge on any atom is 0.0270 e. The van der Waals surface area contributed by atoms with Gasteiger partial charge in [-0.1, -0.05) is 18.0 Å². The largest absolute Gasteiger partial charge is 0.300 e. The van der Waals surface area contributed by atoms with Gasteiger partial charge in [0.25, 0.3) is 0 Å². The first kappa shape index (κ1) is 11.7. The zero-order valence-corrected chi connectivity index (χ0v) is 10.0. The molecular weight excluding hydrogens is 200 g/mol. The van der Waals surface area contributed by atoms with Crippen LogP contribution in [-0.2, 0) is 0 Å². The lowest BCUT2D eigenvalue weighted by Gasteiger charge is -2.29. The fourth-order valence-electron chi connectivity index (χ4n) is 3.39. The first-order valence-electron chi connectivity index (χ1n) is 6.66. The van der Waals surface area contributed by atoms with E-state index in [0.717, 1.165) is 24.9 Å². The minimum absolute atomic E-state index is 0.657. The summed E-state index contributed by atoms with van der Waals surface area (Å²) in [6.45, 7) is 3.04. The van der Waals surface area contributed by atoms with Gasteiger partial charge in [-0.05, 0) is 56.6 Å². The Morgan fingerprint density at radius 3 is 2.75 bits per heavy atom. The summed E-state index contributed by atoms with van der Waals surface area (Å²) in [6.07, 6.45) is 9.54. The van der Waals surface area contributed by atoms with Gasteiger partial charge in [-0.15, -0.1) is 0 Å². The van der Waals surface area contributed by atoms with Gasteiger partial charge in [-0.25, -0.2) is 0 Å². The molecule has 1 saturated carbocycles. The third-order valence-electron chi connectivity index (χ3n) is 4.12. The second kappa shape index (κ2) is 6.12. The molecular formula is C12H22N4. The first-order valence-corrected chi connectivity index (χ1v) is 6.66. The number of likely N-dealkylation sites (tertiary alicyclic amines) is 1. The van der Waals surface area contributed by atoms with Crippen LogP contribution in [0.2, 0.25) is 0 Å². The molecule has 2 aliphatic rings. The summed E-state index contributed by atoms with van der Waals surface area (Å²) in [5.41, 5.74) is 8.23. The van der Waals surface area contributed by atoms with Crippen LogP contribution in [-0.4, -0.2) is 30.6 Å². The van der Waals surface area contributed by atoms with Crippen LogP contribution < -0.4 is 0 Å². The molecule has 0 amide bonds. The fraction of sp³-hybridized carbons (Fsp3) is 1.00. The van der Waals surface area contributed by atoms with Crippen molar-refractivity contribution in [2.75, 3.05) is 19.6 Å².